The Bertz CT molecular complexity index is 2860. The second-order valence-electron chi connectivity index (χ2n) is 13.1. The highest BCUT2D eigenvalue weighted by atomic mass is 16.3. The Balaban J connectivity index is 1.27. The molecule has 0 aliphatic heterocycles. The van der Waals surface area contributed by atoms with E-state index in [0.717, 1.165) is 66.1 Å². The summed E-state index contributed by atoms with van der Waals surface area (Å²) in [5.74, 6) is 0.956. The molecule has 4 heterocycles. The van der Waals surface area contributed by atoms with Crippen LogP contribution in [-0.2, 0) is 0 Å². The molecule has 0 saturated heterocycles. The highest BCUT2D eigenvalue weighted by Gasteiger charge is 2.20. The SMILES string of the molecule is c1ccc(-c2cc(-c3ccccc3)cc(-c3ccc4c(-c5ccnc(-c6ncco6)c5)c5ccccc5c(-c5ccnc(-c6ncco6)c5)c4c3)c2)cc1. The molecule has 6 nitrogen and oxygen atoms in total. The third kappa shape index (κ3) is 5.63. The Morgan fingerprint density at radius 2 is 0.759 bits per heavy atom. The quantitative estimate of drug-likeness (QED) is 0.155. The van der Waals surface area contributed by atoms with E-state index >= 15 is 0 Å². The summed E-state index contributed by atoms with van der Waals surface area (Å²) in [7, 11) is 0. The van der Waals surface area contributed by atoms with Gasteiger partial charge in [-0.1, -0.05) is 97.1 Å². The van der Waals surface area contributed by atoms with Crippen molar-refractivity contribution in [2.24, 2.45) is 0 Å². The Morgan fingerprint density at radius 1 is 0.296 bits per heavy atom. The number of pyridine rings is 2. The summed E-state index contributed by atoms with van der Waals surface area (Å²) in [6.07, 6.45) is 10.1. The molecule has 0 aliphatic carbocycles. The molecule has 0 atom stereocenters. The van der Waals surface area contributed by atoms with Crippen molar-refractivity contribution >= 4 is 21.5 Å². The molecule has 0 amide bonds. The Morgan fingerprint density at radius 3 is 1.26 bits per heavy atom. The minimum Gasteiger partial charge on any atom is -0.443 e. The molecule has 0 spiro atoms. The zero-order chi connectivity index (χ0) is 35.8. The summed E-state index contributed by atoms with van der Waals surface area (Å²) in [4.78, 5) is 18.0. The maximum atomic E-state index is 5.68. The zero-order valence-corrected chi connectivity index (χ0v) is 28.9. The van der Waals surface area contributed by atoms with E-state index in [9.17, 15) is 0 Å². The molecule has 10 rings (SSSR count). The summed E-state index contributed by atoms with van der Waals surface area (Å²) in [6, 6.07) is 51.7. The van der Waals surface area contributed by atoms with Crippen LogP contribution in [0.3, 0.4) is 0 Å². The predicted octanol–water partition coefficient (Wildman–Crippen LogP) is 12.4. The number of hydrogen-bond donors (Lipinski definition) is 0. The van der Waals surface area contributed by atoms with Gasteiger partial charge in [0.15, 0.2) is 0 Å². The fourth-order valence-electron chi connectivity index (χ4n) is 7.47. The lowest BCUT2D eigenvalue weighted by atomic mass is 9.84. The molecule has 0 aliphatic rings. The fraction of sp³-hybridized carbons (Fsp3) is 0. The van der Waals surface area contributed by atoms with Gasteiger partial charge in [-0.05, 0) is 126 Å². The van der Waals surface area contributed by atoms with Gasteiger partial charge >= 0.3 is 0 Å². The highest BCUT2D eigenvalue weighted by molar-refractivity contribution is 6.22. The van der Waals surface area contributed by atoms with Crippen LogP contribution in [0.15, 0.2) is 192 Å². The largest absolute Gasteiger partial charge is 0.443 e. The average molecular weight is 695 g/mol. The van der Waals surface area contributed by atoms with Gasteiger partial charge in [0.1, 0.15) is 23.9 Å². The first-order valence-corrected chi connectivity index (χ1v) is 17.7. The smallest absolute Gasteiger partial charge is 0.245 e. The van der Waals surface area contributed by atoms with E-state index in [-0.39, 0.29) is 0 Å². The number of oxazole rings is 2. The number of nitrogens with zero attached hydrogens (tertiary/aromatic N) is 4. The van der Waals surface area contributed by atoms with Crippen LogP contribution in [0.1, 0.15) is 0 Å². The molecule has 10 aromatic rings. The van der Waals surface area contributed by atoms with Crippen molar-refractivity contribution in [2.45, 2.75) is 0 Å². The van der Waals surface area contributed by atoms with E-state index in [1.807, 2.05) is 12.4 Å². The second kappa shape index (κ2) is 13.3. The van der Waals surface area contributed by atoms with Crippen molar-refractivity contribution in [3.05, 3.63) is 183 Å². The van der Waals surface area contributed by atoms with Crippen molar-refractivity contribution in [2.75, 3.05) is 0 Å². The van der Waals surface area contributed by atoms with Gasteiger partial charge in [0.25, 0.3) is 0 Å². The lowest BCUT2D eigenvalue weighted by Crippen LogP contribution is -1.94. The van der Waals surface area contributed by atoms with E-state index < -0.39 is 0 Å². The summed E-state index contributed by atoms with van der Waals surface area (Å²) in [5.41, 5.74) is 12.5. The van der Waals surface area contributed by atoms with Crippen LogP contribution in [0.5, 0.6) is 0 Å². The van der Waals surface area contributed by atoms with Crippen molar-refractivity contribution in [3.63, 3.8) is 0 Å². The van der Waals surface area contributed by atoms with Gasteiger partial charge in [-0.15, -0.1) is 0 Å². The van der Waals surface area contributed by atoms with E-state index in [1.165, 1.54) is 11.1 Å². The van der Waals surface area contributed by atoms with Crippen LogP contribution in [0, 0.1) is 0 Å². The molecule has 0 fully saturated rings. The van der Waals surface area contributed by atoms with Crippen LogP contribution >= 0.6 is 0 Å². The first-order valence-electron chi connectivity index (χ1n) is 17.7. The molecule has 0 unspecified atom stereocenters. The minimum atomic E-state index is 0.477. The zero-order valence-electron chi connectivity index (χ0n) is 28.9. The molecule has 0 N–H and O–H groups in total. The van der Waals surface area contributed by atoms with Crippen molar-refractivity contribution in [3.8, 4) is 78.8 Å². The Hall–Kier alpha value is -7.44. The van der Waals surface area contributed by atoms with Crippen LogP contribution in [0.4, 0.5) is 0 Å². The second-order valence-corrected chi connectivity index (χ2v) is 13.1. The highest BCUT2D eigenvalue weighted by Crippen LogP contribution is 2.46. The third-order valence-electron chi connectivity index (χ3n) is 9.90. The molecule has 4 aromatic heterocycles. The maximum absolute atomic E-state index is 5.68. The van der Waals surface area contributed by atoms with Gasteiger partial charge in [-0.2, -0.15) is 0 Å². The molecule has 0 radical (unpaired) electrons. The Labute approximate surface area is 311 Å². The van der Waals surface area contributed by atoms with Gasteiger partial charge in [-0.3, -0.25) is 9.97 Å². The summed E-state index contributed by atoms with van der Waals surface area (Å²) in [6.45, 7) is 0. The minimum absolute atomic E-state index is 0.477. The van der Waals surface area contributed by atoms with E-state index in [4.69, 9.17) is 8.83 Å². The van der Waals surface area contributed by atoms with Gasteiger partial charge in [0.2, 0.25) is 11.8 Å². The summed E-state index contributed by atoms with van der Waals surface area (Å²) in [5, 5.41) is 4.43. The van der Waals surface area contributed by atoms with Gasteiger partial charge in [0, 0.05) is 12.4 Å². The topological polar surface area (TPSA) is 77.8 Å². The lowest BCUT2D eigenvalue weighted by Gasteiger charge is -2.19. The number of fused-ring (bicyclic) bond motifs is 2. The van der Waals surface area contributed by atoms with Gasteiger partial charge in [0.05, 0.1) is 12.4 Å². The molecule has 0 saturated carbocycles. The average Bonchev–Trinajstić information content (AvgIpc) is 4.00. The number of benzene rings is 6. The van der Waals surface area contributed by atoms with E-state index in [1.54, 1.807) is 24.9 Å². The van der Waals surface area contributed by atoms with Crippen LogP contribution in [0.2, 0.25) is 0 Å². The first kappa shape index (κ1) is 31.3. The molecular formula is C48H30N4O2. The number of hydrogen-bond acceptors (Lipinski definition) is 6. The summed E-state index contributed by atoms with van der Waals surface area (Å²) < 4.78 is 11.3. The monoisotopic (exact) mass is 694 g/mol. The van der Waals surface area contributed by atoms with Crippen LogP contribution in [0.25, 0.3) is 100 Å². The van der Waals surface area contributed by atoms with Crippen LogP contribution < -0.4 is 0 Å². The van der Waals surface area contributed by atoms with Gasteiger partial charge < -0.3 is 8.83 Å². The molecule has 6 aromatic carbocycles. The lowest BCUT2D eigenvalue weighted by molar-refractivity contribution is 0.572. The molecular weight excluding hydrogens is 665 g/mol. The summed E-state index contributed by atoms with van der Waals surface area (Å²) >= 11 is 0. The molecule has 6 heteroatoms. The normalized spacial score (nSPS) is 11.3. The number of aromatic nitrogens is 4. The van der Waals surface area contributed by atoms with Crippen molar-refractivity contribution in [1.82, 2.24) is 19.9 Å². The van der Waals surface area contributed by atoms with Gasteiger partial charge in [-0.25, -0.2) is 9.97 Å². The predicted molar refractivity (Wildman–Crippen MR) is 215 cm³/mol. The van der Waals surface area contributed by atoms with Crippen molar-refractivity contribution < 1.29 is 8.83 Å². The Kier molecular flexibility index (Phi) is 7.69. The standard InChI is InChI=1S/C48H30N4O2/c1-3-9-31(10-4-1)36-25-37(32-11-5-2-6-12-32)27-38(26-36)33-15-16-41-42(28-33)46(35-18-20-50-44(30-35)48-52-22-24-54-48)40-14-8-7-13-39(40)45(41)34-17-19-49-43(29-34)47-51-21-23-53-47/h1-30H. The molecule has 54 heavy (non-hydrogen) atoms. The fourth-order valence-corrected chi connectivity index (χ4v) is 7.47. The first-order chi connectivity index (χ1) is 26.8. The van der Waals surface area contributed by atoms with Crippen molar-refractivity contribution in [1.29, 1.82) is 0 Å². The van der Waals surface area contributed by atoms with Crippen LogP contribution in [-0.4, -0.2) is 19.9 Å². The maximum Gasteiger partial charge on any atom is 0.245 e. The molecule has 254 valence electrons. The van der Waals surface area contributed by atoms with E-state index in [0.29, 0.717) is 23.2 Å². The van der Waals surface area contributed by atoms with E-state index in [2.05, 4.69) is 166 Å². The third-order valence-corrected chi connectivity index (χ3v) is 9.90. The molecule has 0 bridgehead atoms. The number of rotatable bonds is 7.